The van der Waals surface area contributed by atoms with Crippen LogP contribution in [0, 0.1) is 3.57 Å². The minimum atomic E-state index is 0.0387. The van der Waals surface area contributed by atoms with Gasteiger partial charge >= 0.3 is 0 Å². The van der Waals surface area contributed by atoms with Gasteiger partial charge in [-0.25, -0.2) is 4.98 Å². The number of hydrogen-bond donors (Lipinski definition) is 2. The Morgan fingerprint density at radius 3 is 3.00 bits per heavy atom. The van der Waals surface area contributed by atoms with Gasteiger partial charge in [0.2, 0.25) is 0 Å². The predicted molar refractivity (Wildman–Crippen MR) is 88.5 cm³/mol. The number of rotatable bonds is 5. The van der Waals surface area contributed by atoms with Gasteiger partial charge in [-0.1, -0.05) is 15.9 Å². The van der Waals surface area contributed by atoms with Crippen LogP contribution in [0.4, 0.5) is 0 Å². The van der Waals surface area contributed by atoms with Gasteiger partial charge in [-0.2, -0.15) is 0 Å². The molecule has 0 saturated carbocycles. The molecule has 1 aromatic heterocycles. The monoisotopic (exact) mass is 434 g/mol. The number of hydrazine groups is 1. The maximum absolute atomic E-state index is 5.72. The zero-order valence-electron chi connectivity index (χ0n) is 10.6. The fourth-order valence-corrected chi connectivity index (χ4v) is 3.08. The molecule has 19 heavy (non-hydrogen) atoms. The number of aromatic nitrogens is 2. The zero-order chi connectivity index (χ0) is 13.8. The second kappa shape index (κ2) is 6.83. The van der Waals surface area contributed by atoms with E-state index < -0.39 is 0 Å². The lowest BCUT2D eigenvalue weighted by Gasteiger charge is -2.18. The number of nitrogens with two attached hydrogens (primary N) is 1. The Kier molecular flexibility index (Phi) is 5.37. The first-order chi connectivity index (χ1) is 9.15. The molecule has 0 radical (unpaired) electrons. The molecule has 0 fully saturated rings. The van der Waals surface area contributed by atoms with E-state index in [1.165, 1.54) is 3.57 Å². The highest BCUT2D eigenvalue weighted by Crippen LogP contribution is 2.27. The molecule has 1 unspecified atom stereocenters. The molecule has 4 nitrogen and oxygen atoms in total. The van der Waals surface area contributed by atoms with Gasteiger partial charge in [0.15, 0.2) is 0 Å². The lowest BCUT2D eigenvalue weighted by atomic mass is 10.0. The zero-order valence-corrected chi connectivity index (χ0v) is 14.3. The molecule has 0 saturated heterocycles. The SMILES string of the molecule is CCn1ccnc1CC(NN)c1cc(I)ccc1Br. The van der Waals surface area contributed by atoms with Crippen LogP contribution in [0.25, 0.3) is 0 Å². The van der Waals surface area contributed by atoms with Crippen LogP contribution in [0.2, 0.25) is 0 Å². The molecule has 1 heterocycles. The molecule has 1 aromatic carbocycles. The third-order valence-electron chi connectivity index (χ3n) is 3.06. The molecule has 6 heteroatoms. The number of hydrogen-bond acceptors (Lipinski definition) is 3. The minimum Gasteiger partial charge on any atom is -0.335 e. The average Bonchev–Trinajstić information content (AvgIpc) is 2.86. The summed E-state index contributed by atoms with van der Waals surface area (Å²) in [6.45, 7) is 3.03. The van der Waals surface area contributed by atoms with Crippen molar-refractivity contribution in [2.75, 3.05) is 0 Å². The van der Waals surface area contributed by atoms with Gasteiger partial charge in [0.25, 0.3) is 0 Å². The Labute approximate surface area is 135 Å². The van der Waals surface area contributed by atoms with E-state index in [1.54, 1.807) is 0 Å². The molecule has 1 atom stereocenters. The van der Waals surface area contributed by atoms with Gasteiger partial charge in [0.05, 0.1) is 6.04 Å². The molecule has 0 aliphatic rings. The summed E-state index contributed by atoms with van der Waals surface area (Å²) in [5, 5.41) is 0. The van der Waals surface area contributed by atoms with Crippen molar-refractivity contribution < 1.29 is 0 Å². The van der Waals surface area contributed by atoms with E-state index in [1.807, 2.05) is 18.5 Å². The normalized spacial score (nSPS) is 12.6. The fraction of sp³-hybridized carbons (Fsp3) is 0.308. The van der Waals surface area contributed by atoms with Crippen molar-refractivity contribution in [2.45, 2.75) is 25.9 Å². The molecule has 0 bridgehead atoms. The van der Waals surface area contributed by atoms with E-state index in [0.29, 0.717) is 0 Å². The van der Waals surface area contributed by atoms with E-state index in [9.17, 15) is 0 Å². The summed E-state index contributed by atoms with van der Waals surface area (Å²) in [5.41, 5.74) is 4.04. The van der Waals surface area contributed by atoms with E-state index in [0.717, 1.165) is 28.8 Å². The van der Waals surface area contributed by atoms with Crippen LogP contribution in [-0.4, -0.2) is 9.55 Å². The minimum absolute atomic E-state index is 0.0387. The number of halogens is 2. The largest absolute Gasteiger partial charge is 0.335 e. The quantitative estimate of drug-likeness (QED) is 0.432. The molecule has 3 N–H and O–H groups in total. The van der Waals surface area contributed by atoms with Crippen molar-refractivity contribution in [1.29, 1.82) is 0 Å². The number of benzene rings is 1. The maximum Gasteiger partial charge on any atom is 0.110 e. The number of imidazole rings is 1. The first-order valence-corrected chi connectivity index (χ1v) is 7.94. The number of nitrogens with zero attached hydrogens (tertiary/aromatic N) is 2. The van der Waals surface area contributed by atoms with E-state index in [2.05, 4.69) is 72.6 Å². The van der Waals surface area contributed by atoms with E-state index in [-0.39, 0.29) is 6.04 Å². The van der Waals surface area contributed by atoms with Crippen LogP contribution < -0.4 is 11.3 Å². The fourth-order valence-electron chi connectivity index (χ4n) is 2.04. The molecule has 102 valence electrons. The standard InChI is InChI=1S/C13H16BrIN4/c1-2-19-6-5-17-13(19)8-12(18-16)10-7-9(15)3-4-11(10)14/h3-7,12,18H,2,8,16H2,1H3. The van der Waals surface area contributed by atoms with Crippen molar-refractivity contribution in [2.24, 2.45) is 5.84 Å². The predicted octanol–water partition coefficient (Wildman–Crippen LogP) is 3.02. The van der Waals surface area contributed by atoms with Gasteiger partial charge in [-0.3, -0.25) is 11.3 Å². The molecule has 0 aliphatic carbocycles. The van der Waals surface area contributed by atoms with Crippen molar-refractivity contribution in [3.05, 3.63) is 50.0 Å². The summed E-state index contributed by atoms with van der Waals surface area (Å²) in [5.74, 6) is 6.76. The van der Waals surface area contributed by atoms with Crippen LogP contribution >= 0.6 is 38.5 Å². The summed E-state index contributed by atoms with van der Waals surface area (Å²) < 4.78 is 4.38. The van der Waals surface area contributed by atoms with Gasteiger partial charge in [0, 0.05) is 33.4 Å². The van der Waals surface area contributed by atoms with Gasteiger partial charge < -0.3 is 4.57 Å². The van der Waals surface area contributed by atoms with Gasteiger partial charge in [-0.15, -0.1) is 0 Å². The van der Waals surface area contributed by atoms with E-state index >= 15 is 0 Å². The average molecular weight is 435 g/mol. The lowest BCUT2D eigenvalue weighted by molar-refractivity contribution is 0.521. The second-order valence-corrected chi connectivity index (χ2v) is 6.32. The van der Waals surface area contributed by atoms with Crippen LogP contribution in [0.3, 0.4) is 0 Å². The number of nitrogens with one attached hydrogen (secondary N) is 1. The van der Waals surface area contributed by atoms with Crippen LogP contribution in [-0.2, 0) is 13.0 Å². The van der Waals surface area contributed by atoms with E-state index in [4.69, 9.17) is 5.84 Å². The highest BCUT2D eigenvalue weighted by atomic mass is 127. The topological polar surface area (TPSA) is 55.9 Å². The Hall–Kier alpha value is -0.440. The first-order valence-electron chi connectivity index (χ1n) is 6.06. The second-order valence-electron chi connectivity index (χ2n) is 4.22. The van der Waals surface area contributed by atoms with Crippen molar-refractivity contribution in [3.63, 3.8) is 0 Å². The van der Waals surface area contributed by atoms with Gasteiger partial charge in [0.1, 0.15) is 5.82 Å². The third kappa shape index (κ3) is 3.56. The maximum atomic E-state index is 5.72. The summed E-state index contributed by atoms with van der Waals surface area (Å²) in [4.78, 5) is 4.40. The summed E-state index contributed by atoms with van der Waals surface area (Å²) in [6, 6.07) is 6.29. The molecule has 0 amide bonds. The number of aryl methyl sites for hydroxylation is 1. The Morgan fingerprint density at radius 1 is 1.53 bits per heavy atom. The molecular formula is C13H16BrIN4. The summed E-state index contributed by atoms with van der Waals surface area (Å²) in [7, 11) is 0. The van der Waals surface area contributed by atoms with Crippen molar-refractivity contribution >= 4 is 38.5 Å². The lowest BCUT2D eigenvalue weighted by Crippen LogP contribution is -2.30. The smallest absolute Gasteiger partial charge is 0.110 e. The summed E-state index contributed by atoms with van der Waals surface area (Å²) >= 11 is 5.89. The van der Waals surface area contributed by atoms with Crippen molar-refractivity contribution in [3.8, 4) is 0 Å². The van der Waals surface area contributed by atoms with Crippen LogP contribution in [0.1, 0.15) is 24.4 Å². The van der Waals surface area contributed by atoms with Crippen molar-refractivity contribution in [1.82, 2.24) is 15.0 Å². The highest BCUT2D eigenvalue weighted by Gasteiger charge is 2.16. The first kappa shape index (κ1) is 15.0. The molecular weight excluding hydrogens is 419 g/mol. The summed E-state index contributed by atoms with van der Waals surface area (Å²) in [6.07, 6.45) is 4.58. The highest BCUT2D eigenvalue weighted by molar-refractivity contribution is 14.1. The molecule has 2 rings (SSSR count). The van der Waals surface area contributed by atoms with Gasteiger partial charge in [-0.05, 0) is 53.3 Å². The third-order valence-corrected chi connectivity index (χ3v) is 4.46. The molecule has 0 aliphatic heterocycles. The molecule has 0 spiro atoms. The van der Waals surface area contributed by atoms with Crippen LogP contribution in [0.5, 0.6) is 0 Å². The Balaban J connectivity index is 2.27. The Morgan fingerprint density at radius 2 is 2.32 bits per heavy atom. The van der Waals surface area contributed by atoms with Crippen LogP contribution in [0.15, 0.2) is 35.1 Å². The Bertz CT molecular complexity index is 555. The molecule has 2 aromatic rings.